The number of aliphatic carboxylic acids is 1. The number of carbonyl (C=O) groups is 2. The molecule has 0 aliphatic rings. The highest BCUT2D eigenvalue weighted by atomic mass is 16.5. The number of Topliss-reactive ketones (excluding diaryl/α,β-unsaturated/α-hetero) is 1. The smallest absolute Gasteiger partial charge is 0.303 e. The molecule has 0 spiro atoms. The molecule has 0 saturated heterocycles. The molecule has 0 aromatic heterocycles. The van der Waals surface area contributed by atoms with Crippen LogP contribution in [0.3, 0.4) is 0 Å². The first-order chi connectivity index (χ1) is 10.5. The Morgan fingerprint density at radius 1 is 1.00 bits per heavy atom. The maximum Gasteiger partial charge on any atom is 0.303 e. The van der Waals surface area contributed by atoms with Crippen molar-refractivity contribution in [3.8, 4) is 11.5 Å². The van der Waals surface area contributed by atoms with E-state index in [1.165, 1.54) is 13.2 Å². The minimum absolute atomic E-state index is 0.0435. The van der Waals surface area contributed by atoms with Crippen molar-refractivity contribution in [1.82, 2.24) is 0 Å². The molecule has 0 saturated carbocycles. The van der Waals surface area contributed by atoms with Crippen LogP contribution in [0.25, 0.3) is 0 Å². The SMILES string of the molecule is COc1ccc(C(=O)CCCCCCCCC(=O)O)c(O)c1. The quantitative estimate of drug-likeness (QED) is 0.480. The molecule has 0 unspecified atom stereocenters. The number of ether oxygens (including phenoxy) is 1. The molecule has 122 valence electrons. The summed E-state index contributed by atoms with van der Waals surface area (Å²) in [5.74, 6) is -0.329. The van der Waals surface area contributed by atoms with Gasteiger partial charge in [0.25, 0.3) is 0 Å². The van der Waals surface area contributed by atoms with Gasteiger partial charge < -0.3 is 14.9 Å². The van der Waals surface area contributed by atoms with Crippen LogP contribution in [-0.2, 0) is 4.79 Å². The molecule has 22 heavy (non-hydrogen) atoms. The topological polar surface area (TPSA) is 83.8 Å². The van der Waals surface area contributed by atoms with E-state index in [0.717, 1.165) is 32.1 Å². The van der Waals surface area contributed by atoms with Gasteiger partial charge in [-0.25, -0.2) is 0 Å². The van der Waals surface area contributed by atoms with Crippen LogP contribution in [0.2, 0.25) is 0 Å². The average Bonchev–Trinajstić information content (AvgIpc) is 2.49. The highest BCUT2D eigenvalue weighted by Gasteiger charge is 2.11. The number of carboxylic acid groups (broad SMARTS) is 1. The lowest BCUT2D eigenvalue weighted by Crippen LogP contribution is -2.00. The number of rotatable bonds is 11. The molecule has 1 aromatic rings. The molecule has 1 rings (SSSR count). The fraction of sp³-hybridized carbons (Fsp3) is 0.529. The minimum atomic E-state index is -0.745. The molecular formula is C17H24O5. The van der Waals surface area contributed by atoms with E-state index in [1.54, 1.807) is 12.1 Å². The molecule has 5 heteroatoms. The lowest BCUT2D eigenvalue weighted by Gasteiger charge is -2.06. The van der Waals surface area contributed by atoms with E-state index >= 15 is 0 Å². The van der Waals surface area contributed by atoms with Gasteiger partial charge >= 0.3 is 5.97 Å². The Hall–Kier alpha value is -2.04. The summed E-state index contributed by atoms with van der Waals surface area (Å²) < 4.78 is 4.98. The molecule has 0 amide bonds. The molecule has 5 nitrogen and oxygen atoms in total. The molecule has 0 radical (unpaired) electrons. The average molecular weight is 308 g/mol. The van der Waals surface area contributed by atoms with Crippen molar-refractivity contribution in [1.29, 1.82) is 0 Å². The number of benzene rings is 1. The summed E-state index contributed by atoms with van der Waals surface area (Å²) in [5, 5.41) is 18.3. The molecule has 0 atom stereocenters. The lowest BCUT2D eigenvalue weighted by molar-refractivity contribution is -0.137. The summed E-state index contributed by atoms with van der Waals surface area (Å²) in [7, 11) is 1.51. The minimum Gasteiger partial charge on any atom is -0.507 e. The van der Waals surface area contributed by atoms with E-state index in [4.69, 9.17) is 9.84 Å². The number of carbonyl (C=O) groups excluding carboxylic acids is 1. The number of phenols is 1. The van der Waals surface area contributed by atoms with Gasteiger partial charge in [0.1, 0.15) is 11.5 Å². The standard InChI is InChI=1S/C17H24O5/c1-22-13-10-11-14(16(19)12-13)15(18)8-6-4-2-3-5-7-9-17(20)21/h10-12,19H,2-9H2,1H3,(H,20,21). The lowest BCUT2D eigenvalue weighted by atomic mass is 10.0. The summed E-state index contributed by atoms with van der Waals surface area (Å²) >= 11 is 0. The molecule has 2 N–H and O–H groups in total. The number of unbranched alkanes of at least 4 members (excludes halogenated alkanes) is 5. The Kier molecular flexibility index (Phi) is 8.04. The second-order valence-corrected chi connectivity index (χ2v) is 5.32. The van der Waals surface area contributed by atoms with Gasteiger partial charge in [-0.2, -0.15) is 0 Å². The Morgan fingerprint density at radius 2 is 1.59 bits per heavy atom. The summed E-state index contributed by atoms with van der Waals surface area (Å²) in [6.45, 7) is 0. The van der Waals surface area contributed by atoms with Crippen molar-refractivity contribution in [2.45, 2.75) is 51.4 Å². The number of hydrogen-bond acceptors (Lipinski definition) is 4. The zero-order valence-corrected chi connectivity index (χ0v) is 13.0. The van der Waals surface area contributed by atoms with E-state index in [9.17, 15) is 14.7 Å². The van der Waals surface area contributed by atoms with Crippen molar-refractivity contribution < 1.29 is 24.5 Å². The van der Waals surface area contributed by atoms with Crippen LogP contribution in [-0.4, -0.2) is 29.1 Å². The highest BCUT2D eigenvalue weighted by molar-refractivity contribution is 5.98. The molecular weight excluding hydrogens is 284 g/mol. The third-order valence-corrected chi connectivity index (χ3v) is 3.55. The van der Waals surface area contributed by atoms with Crippen LogP contribution in [0.5, 0.6) is 11.5 Å². The number of aromatic hydroxyl groups is 1. The number of phenolic OH excluding ortho intramolecular Hbond substituents is 1. The van der Waals surface area contributed by atoms with Crippen molar-refractivity contribution in [2.24, 2.45) is 0 Å². The van der Waals surface area contributed by atoms with E-state index < -0.39 is 5.97 Å². The van der Waals surface area contributed by atoms with Crippen molar-refractivity contribution in [3.63, 3.8) is 0 Å². The molecule has 0 aliphatic carbocycles. The van der Waals surface area contributed by atoms with E-state index in [-0.39, 0.29) is 18.0 Å². The zero-order chi connectivity index (χ0) is 16.4. The first-order valence-corrected chi connectivity index (χ1v) is 7.66. The Bertz CT molecular complexity index is 496. The summed E-state index contributed by atoms with van der Waals surface area (Å²) in [6.07, 6.45) is 5.99. The van der Waals surface area contributed by atoms with Crippen LogP contribution in [0.4, 0.5) is 0 Å². The first-order valence-electron chi connectivity index (χ1n) is 7.66. The maximum absolute atomic E-state index is 12.0. The Morgan fingerprint density at radius 3 is 2.14 bits per heavy atom. The van der Waals surface area contributed by atoms with Crippen molar-refractivity contribution in [2.75, 3.05) is 7.11 Å². The molecule has 0 aliphatic heterocycles. The predicted octanol–water partition coefficient (Wildman–Crippen LogP) is 3.79. The van der Waals surface area contributed by atoms with Crippen LogP contribution in [0.1, 0.15) is 61.7 Å². The third-order valence-electron chi connectivity index (χ3n) is 3.55. The fourth-order valence-electron chi connectivity index (χ4n) is 2.28. The monoisotopic (exact) mass is 308 g/mol. The molecule has 1 aromatic carbocycles. The Labute approximate surface area is 130 Å². The second kappa shape index (κ2) is 9.82. The van der Waals surface area contributed by atoms with Crippen LogP contribution < -0.4 is 4.74 Å². The largest absolute Gasteiger partial charge is 0.507 e. The van der Waals surface area contributed by atoms with E-state index in [0.29, 0.717) is 24.2 Å². The number of carboxylic acids is 1. The van der Waals surface area contributed by atoms with E-state index in [1.807, 2.05) is 0 Å². The maximum atomic E-state index is 12.0. The predicted molar refractivity (Wildman–Crippen MR) is 83.6 cm³/mol. The first kappa shape index (κ1) is 18.0. The van der Waals surface area contributed by atoms with Gasteiger partial charge in [-0.15, -0.1) is 0 Å². The van der Waals surface area contributed by atoms with Gasteiger partial charge in [0.05, 0.1) is 12.7 Å². The van der Waals surface area contributed by atoms with Crippen LogP contribution >= 0.6 is 0 Å². The summed E-state index contributed by atoms with van der Waals surface area (Å²) in [5.41, 5.74) is 0.335. The number of methoxy groups -OCH3 is 1. The van der Waals surface area contributed by atoms with Gasteiger partial charge in [0.15, 0.2) is 5.78 Å². The molecule has 0 bridgehead atoms. The van der Waals surface area contributed by atoms with Gasteiger partial charge in [0, 0.05) is 18.9 Å². The number of hydrogen-bond donors (Lipinski definition) is 2. The van der Waals surface area contributed by atoms with Crippen molar-refractivity contribution in [3.05, 3.63) is 23.8 Å². The molecule has 0 heterocycles. The van der Waals surface area contributed by atoms with Crippen LogP contribution in [0, 0.1) is 0 Å². The molecule has 0 fully saturated rings. The zero-order valence-electron chi connectivity index (χ0n) is 13.0. The van der Waals surface area contributed by atoms with Crippen LogP contribution in [0.15, 0.2) is 18.2 Å². The Balaban J connectivity index is 2.19. The summed E-state index contributed by atoms with van der Waals surface area (Å²) in [4.78, 5) is 22.4. The van der Waals surface area contributed by atoms with Gasteiger partial charge in [0.2, 0.25) is 0 Å². The number of ketones is 1. The normalized spacial score (nSPS) is 10.4. The highest BCUT2D eigenvalue weighted by Crippen LogP contribution is 2.25. The van der Waals surface area contributed by atoms with Gasteiger partial charge in [-0.1, -0.05) is 25.7 Å². The van der Waals surface area contributed by atoms with Gasteiger partial charge in [-0.05, 0) is 25.0 Å². The van der Waals surface area contributed by atoms with E-state index in [2.05, 4.69) is 0 Å². The second-order valence-electron chi connectivity index (χ2n) is 5.32. The fourth-order valence-corrected chi connectivity index (χ4v) is 2.28. The third kappa shape index (κ3) is 6.61. The van der Waals surface area contributed by atoms with Gasteiger partial charge in [-0.3, -0.25) is 9.59 Å². The van der Waals surface area contributed by atoms with Crippen molar-refractivity contribution >= 4 is 11.8 Å². The summed E-state index contributed by atoms with van der Waals surface area (Å²) in [6, 6.07) is 4.69.